The number of pyridine rings is 1. The average Bonchev–Trinajstić information content (AvgIpc) is 2.07. The summed E-state index contributed by atoms with van der Waals surface area (Å²) in [6, 6.07) is 0.497. The van der Waals surface area contributed by atoms with Crippen LogP contribution in [-0.4, -0.2) is 16.3 Å². The molecule has 0 aliphatic carbocycles. The summed E-state index contributed by atoms with van der Waals surface area (Å²) in [5, 5.41) is 10.4. The third kappa shape index (κ3) is 3.08. The zero-order valence-electron chi connectivity index (χ0n) is 7.17. The Morgan fingerprint density at radius 1 is 1.50 bits per heavy atom. The number of halogens is 4. The van der Waals surface area contributed by atoms with Crippen molar-refractivity contribution in [2.24, 2.45) is 0 Å². The number of H-pyrrole nitrogens is 1. The molecule has 88 valence electrons. The second-order valence-electron chi connectivity index (χ2n) is 2.47. The van der Waals surface area contributed by atoms with E-state index >= 15 is 0 Å². The Kier molecular flexibility index (Phi) is 3.40. The number of aromatic amines is 1. The molecule has 0 fully saturated rings. The first-order valence-corrected chi connectivity index (χ1v) is 4.61. The number of ether oxygens (including phenoxy) is 1. The summed E-state index contributed by atoms with van der Waals surface area (Å²) in [6.07, 6.45) is -5.02. The van der Waals surface area contributed by atoms with Gasteiger partial charge in [-0.25, -0.2) is 0 Å². The van der Waals surface area contributed by atoms with Crippen molar-refractivity contribution in [2.45, 2.75) is 6.36 Å². The van der Waals surface area contributed by atoms with Crippen LogP contribution in [0.4, 0.5) is 18.9 Å². The summed E-state index contributed by atoms with van der Waals surface area (Å²) >= 11 is 1.35. The third-order valence-corrected chi connectivity index (χ3v) is 2.39. The van der Waals surface area contributed by atoms with Crippen LogP contribution in [0.1, 0.15) is 0 Å². The SMILES string of the molecule is O=c1[nH]c(OC(F)(F)F)cc([N+](=O)[O-])c1I. The van der Waals surface area contributed by atoms with Crippen LogP contribution in [0, 0.1) is 13.7 Å². The van der Waals surface area contributed by atoms with Gasteiger partial charge in [0.05, 0.1) is 11.0 Å². The van der Waals surface area contributed by atoms with E-state index in [-0.39, 0.29) is 3.57 Å². The molecule has 0 saturated carbocycles. The highest BCUT2D eigenvalue weighted by molar-refractivity contribution is 14.1. The minimum Gasteiger partial charge on any atom is -0.390 e. The molecule has 0 unspecified atom stereocenters. The maximum atomic E-state index is 11.8. The molecule has 0 saturated heterocycles. The number of alkyl halides is 3. The maximum absolute atomic E-state index is 11.8. The molecular weight excluding hydrogens is 348 g/mol. The summed E-state index contributed by atoms with van der Waals surface area (Å²) < 4.78 is 38.4. The van der Waals surface area contributed by atoms with Crippen molar-refractivity contribution in [3.05, 3.63) is 30.1 Å². The molecule has 1 rings (SSSR count). The van der Waals surface area contributed by atoms with Crippen molar-refractivity contribution < 1.29 is 22.8 Å². The monoisotopic (exact) mass is 350 g/mol. The van der Waals surface area contributed by atoms with E-state index in [2.05, 4.69) is 4.74 Å². The van der Waals surface area contributed by atoms with Crippen LogP contribution in [0.3, 0.4) is 0 Å². The molecule has 16 heavy (non-hydrogen) atoms. The smallest absolute Gasteiger partial charge is 0.390 e. The topological polar surface area (TPSA) is 85.2 Å². The average molecular weight is 350 g/mol. The molecule has 10 heteroatoms. The molecule has 0 bridgehead atoms. The minimum atomic E-state index is -5.02. The molecule has 6 nitrogen and oxygen atoms in total. The predicted octanol–water partition coefficient (Wildman–Crippen LogP) is 1.79. The third-order valence-electron chi connectivity index (χ3n) is 1.35. The van der Waals surface area contributed by atoms with Crippen molar-refractivity contribution in [1.29, 1.82) is 0 Å². The first-order valence-electron chi connectivity index (χ1n) is 3.53. The quantitative estimate of drug-likeness (QED) is 0.501. The number of hydrogen-bond donors (Lipinski definition) is 1. The van der Waals surface area contributed by atoms with Crippen LogP contribution in [0.25, 0.3) is 0 Å². The van der Waals surface area contributed by atoms with Crippen LogP contribution >= 0.6 is 22.6 Å². The van der Waals surface area contributed by atoms with Gasteiger partial charge in [-0.2, -0.15) is 0 Å². The molecule has 0 atom stereocenters. The van der Waals surface area contributed by atoms with Gasteiger partial charge in [-0.15, -0.1) is 13.2 Å². The van der Waals surface area contributed by atoms with E-state index in [1.165, 1.54) is 22.6 Å². The zero-order chi connectivity index (χ0) is 12.5. The molecule has 1 aromatic heterocycles. The van der Waals surface area contributed by atoms with Crippen molar-refractivity contribution >= 4 is 28.3 Å². The first-order chi connectivity index (χ1) is 7.20. The molecule has 0 aliphatic heterocycles. The van der Waals surface area contributed by atoms with E-state index in [1.54, 1.807) is 4.98 Å². The standard InChI is InChI=1S/C6H2F3IN2O4/c7-6(8,9)16-3-1-2(12(14)15)4(10)5(13)11-3/h1H,(H,11,13). The Labute approximate surface area is 98.7 Å². The molecular formula is C6H2F3IN2O4. The largest absolute Gasteiger partial charge is 0.574 e. The number of nitrogens with zero attached hydrogens (tertiary/aromatic N) is 1. The van der Waals surface area contributed by atoms with Gasteiger partial charge >= 0.3 is 6.36 Å². The summed E-state index contributed by atoms with van der Waals surface area (Å²) in [5.74, 6) is -1.02. The lowest BCUT2D eigenvalue weighted by Gasteiger charge is -2.07. The van der Waals surface area contributed by atoms with E-state index in [0.717, 1.165) is 0 Å². The van der Waals surface area contributed by atoms with Gasteiger partial charge in [-0.05, 0) is 22.6 Å². The molecule has 1 N–H and O–H groups in total. The Balaban J connectivity index is 3.25. The van der Waals surface area contributed by atoms with E-state index in [9.17, 15) is 28.1 Å². The molecule has 1 heterocycles. The Morgan fingerprint density at radius 3 is 2.50 bits per heavy atom. The fourth-order valence-corrected chi connectivity index (χ4v) is 1.31. The van der Waals surface area contributed by atoms with Crippen LogP contribution in [0.15, 0.2) is 10.9 Å². The summed E-state index contributed by atoms with van der Waals surface area (Å²) in [7, 11) is 0. The highest BCUT2D eigenvalue weighted by atomic mass is 127. The fraction of sp³-hybridized carbons (Fsp3) is 0.167. The lowest BCUT2D eigenvalue weighted by molar-refractivity contribution is -0.386. The van der Waals surface area contributed by atoms with Gasteiger partial charge in [0.2, 0.25) is 5.88 Å². The zero-order valence-corrected chi connectivity index (χ0v) is 9.33. The van der Waals surface area contributed by atoms with Crippen molar-refractivity contribution in [3.8, 4) is 5.88 Å². The summed E-state index contributed by atoms with van der Waals surface area (Å²) in [4.78, 5) is 22.2. The van der Waals surface area contributed by atoms with Gasteiger partial charge in [-0.3, -0.25) is 19.9 Å². The highest BCUT2D eigenvalue weighted by Gasteiger charge is 2.32. The number of aromatic nitrogens is 1. The molecule has 0 aliphatic rings. The first kappa shape index (κ1) is 12.7. The maximum Gasteiger partial charge on any atom is 0.574 e. The van der Waals surface area contributed by atoms with Crippen LogP contribution in [-0.2, 0) is 0 Å². The van der Waals surface area contributed by atoms with E-state index < -0.39 is 28.4 Å². The summed E-state index contributed by atoms with van der Waals surface area (Å²) in [5.41, 5.74) is -1.77. The van der Waals surface area contributed by atoms with E-state index in [4.69, 9.17) is 0 Å². The van der Waals surface area contributed by atoms with E-state index in [0.29, 0.717) is 6.07 Å². The Hall–Kier alpha value is -1.33. The second-order valence-corrected chi connectivity index (χ2v) is 3.55. The predicted molar refractivity (Wildman–Crippen MR) is 53.1 cm³/mol. The van der Waals surface area contributed by atoms with Gasteiger partial charge in [0.15, 0.2) is 3.57 Å². The van der Waals surface area contributed by atoms with Gasteiger partial charge in [0, 0.05) is 0 Å². The van der Waals surface area contributed by atoms with Crippen LogP contribution < -0.4 is 10.3 Å². The normalized spacial score (nSPS) is 11.2. The van der Waals surface area contributed by atoms with Gasteiger partial charge < -0.3 is 4.74 Å². The molecule has 1 aromatic rings. The van der Waals surface area contributed by atoms with Crippen LogP contribution in [0.5, 0.6) is 5.88 Å². The summed E-state index contributed by atoms with van der Waals surface area (Å²) in [6.45, 7) is 0. The van der Waals surface area contributed by atoms with Gasteiger partial charge in [0.1, 0.15) is 0 Å². The van der Waals surface area contributed by atoms with Gasteiger partial charge in [-0.1, -0.05) is 0 Å². The highest BCUT2D eigenvalue weighted by Crippen LogP contribution is 2.25. The fourth-order valence-electron chi connectivity index (χ4n) is 0.819. The van der Waals surface area contributed by atoms with Gasteiger partial charge in [0.25, 0.3) is 11.2 Å². The molecule has 0 spiro atoms. The van der Waals surface area contributed by atoms with Crippen molar-refractivity contribution in [3.63, 3.8) is 0 Å². The number of hydrogen-bond acceptors (Lipinski definition) is 4. The number of nitrogens with one attached hydrogen (secondary N) is 1. The molecule has 0 amide bonds. The molecule has 0 radical (unpaired) electrons. The number of rotatable bonds is 2. The Bertz CT molecular complexity index is 484. The van der Waals surface area contributed by atoms with Crippen molar-refractivity contribution in [2.75, 3.05) is 0 Å². The minimum absolute atomic E-state index is 0.322. The van der Waals surface area contributed by atoms with E-state index in [1.807, 2.05) is 0 Å². The lowest BCUT2D eigenvalue weighted by Crippen LogP contribution is -2.21. The Morgan fingerprint density at radius 2 is 2.06 bits per heavy atom. The van der Waals surface area contributed by atoms with Crippen molar-refractivity contribution in [1.82, 2.24) is 4.98 Å². The molecule has 0 aromatic carbocycles. The number of nitro groups is 1. The lowest BCUT2D eigenvalue weighted by atomic mass is 10.4. The van der Waals surface area contributed by atoms with Crippen LogP contribution in [0.2, 0.25) is 0 Å². The second kappa shape index (κ2) is 4.27.